The Bertz CT molecular complexity index is 737. The van der Waals surface area contributed by atoms with E-state index in [4.69, 9.17) is 4.74 Å². The highest BCUT2D eigenvalue weighted by molar-refractivity contribution is 5.63. The molecule has 0 spiro atoms. The molecule has 5 nitrogen and oxygen atoms in total. The van der Waals surface area contributed by atoms with Gasteiger partial charge in [0.2, 0.25) is 0 Å². The van der Waals surface area contributed by atoms with Crippen LogP contribution >= 0.6 is 0 Å². The molecule has 1 aliphatic rings. The van der Waals surface area contributed by atoms with Crippen LogP contribution in [0.4, 0.5) is 0 Å². The Kier molecular flexibility index (Phi) is 8.85. The molecule has 0 aliphatic carbocycles. The summed E-state index contributed by atoms with van der Waals surface area (Å²) in [6.45, 7) is 4.08. The summed E-state index contributed by atoms with van der Waals surface area (Å²) in [7, 11) is 0. The maximum atomic E-state index is 9.86. The molecular weight excluding hydrogens is 378 g/mol. The number of likely N-dealkylation sites (tertiary alicyclic amines) is 1. The van der Waals surface area contributed by atoms with Gasteiger partial charge in [0, 0.05) is 19.2 Å². The molecule has 0 bridgehead atoms. The van der Waals surface area contributed by atoms with Gasteiger partial charge in [-0.2, -0.15) is 0 Å². The minimum atomic E-state index is -0.727. The van der Waals surface area contributed by atoms with E-state index < -0.39 is 12.2 Å². The Morgan fingerprint density at radius 3 is 2.33 bits per heavy atom. The van der Waals surface area contributed by atoms with Crippen molar-refractivity contribution in [1.82, 2.24) is 4.90 Å². The highest BCUT2D eigenvalue weighted by Crippen LogP contribution is 2.24. The predicted octanol–water partition coefficient (Wildman–Crippen LogP) is 3.39. The zero-order valence-electron chi connectivity index (χ0n) is 17.9. The monoisotopic (exact) mass is 413 g/mol. The maximum Gasteiger partial charge on any atom is 0.0926 e. The summed E-state index contributed by atoms with van der Waals surface area (Å²) in [5, 5.41) is 29.1. The Balaban J connectivity index is 1.34. The number of aliphatic hydroxyl groups excluding tert-OH is 3. The molecule has 3 N–H and O–H groups in total. The smallest absolute Gasteiger partial charge is 0.0926 e. The van der Waals surface area contributed by atoms with Gasteiger partial charge in [0.15, 0.2) is 0 Å². The third-order valence-electron chi connectivity index (χ3n) is 6.05. The van der Waals surface area contributed by atoms with E-state index in [-0.39, 0.29) is 18.8 Å². The van der Waals surface area contributed by atoms with Crippen LogP contribution in [-0.4, -0.2) is 64.8 Å². The Labute approximate surface area is 179 Å². The first-order chi connectivity index (χ1) is 14.6. The Morgan fingerprint density at radius 1 is 0.933 bits per heavy atom. The second-order valence-electron chi connectivity index (χ2n) is 8.26. The first-order valence-corrected chi connectivity index (χ1v) is 11.1. The van der Waals surface area contributed by atoms with E-state index in [1.54, 1.807) is 0 Å². The number of piperidine rings is 1. The molecule has 2 unspecified atom stereocenters. The molecule has 3 rings (SSSR count). The normalized spacial score (nSPS) is 23.4. The third-order valence-corrected chi connectivity index (χ3v) is 6.05. The topological polar surface area (TPSA) is 73.2 Å². The molecule has 0 amide bonds. The number of ether oxygens (including phenoxy) is 1. The molecule has 1 heterocycles. The second kappa shape index (κ2) is 11.6. The number of unbranched alkanes of at least 4 members (excludes halogenated alkanes) is 2. The third kappa shape index (κ3) is 6.37. The van der Waals surface area contributed by atoms with Crippen molar-refractivity contribution in [1.29, 1.82) is 0 Å². The van der Waals surface area contributed by atoms with Gasteiger partial charge in [-0.05, 0) is 55.8 Å². The average molecular weight is 414 g/mol. The zero-order valence-corrected chi connectivity index (χ0v) is 17.9. The van der Waals surface area contributed by atoms with E-state index in [1.165, 1.54) is 16.7 Å². The van der Waals surface area contributed by atoms with Gasteiger partial charge in [-0.15, -0.1) is 0 Å². The molecule has 0 radical (unpaired) electrons. The Morgan fingerprint density at radius 2 is 1.63 bits per heavy atom. The van der Waals surface area contributed by atoms with Crippen LogP contribution in [0, 0.1) is 0 Å². The summed E-state index contributed by atoms with van der Waals surface area (Å²) in [4.78, 5) is 2.09. The fourth-order valence-electron chi connectivity index (χ4n) is 4.09. The number of β-amino-alcohol motifs (C(OH)–C–C–N with tert-alkyl or cyclic N) is 1. The second-order valence-corrected chi connectivity index (χ2v) is 8.26. The van der Waals surface area contributed by atoms with Crippen LogP contribution in [-0.2, 0) is 4.74 Å². The van der Waals surface area contributed by atoms with Crippen molar-refractivity contribution in [3.8, 4) is 11.1 Å². The van der Waals surface area contributed by atoms with Gasteiger partial charge in [-0.3, -0.25) is 4.90 Å². The van der Waals surface area contributed by atoms with Crippen molar-refractivity contribution >= 4 is 0 Å². The van der Waals surface area contributed by atoms with Crippen molar-refractivity contribution in [2.75, 3.05) is 26.3 Å². The van der Waals surface area contributed by atoms with E-state index in [9.17, 15) is 15.3 Å². The van der Waals surface area contributed by atoms with Crippen molar-refractivity contribution in [2.45, 2.75) is 57.0 Å². The number of hydrogen-bond acceptors (Lipinski definition) is 5. The number of aliphatic hydroxyl groups is 3. The molecule has 164 valence electrons. The van der Waals surface area contributed by atoms with Crippen LogP contribution in [0.1, 0.15) is 44.3 Å². The van der Waals surface area contributed by atoms with Crippen LogP contribution < -0.4 is 0 Å². The van der Waals surface area contributed by atoms with E-state index >= 15 is 0 Å². The fraction of sp³-hybridized carbons (Fsp3) is 0.520. The highest BCUT2D eigenvalue weighted by Gasteiger charge is 2.32. The molecule has 4 atom stereocenters. The Hall–Kier alpha value is -1.76. The van der Waals surface area contributed by atoms with Gasteiger partial charge in [0.1, 0.15) is 0 Å². The lowest BCUT2D eigenvalue weighted by Crippen LogP contribution is -2.53. The molecule has 0 aromatic heterocycles. The zero-order chi connectivity index (χ0) is 21.3. The molecule has 30 heavy (non-hydrogen) atoms. The lowest BCUT2D eigenvalue weighted by molar-refractivity contribution is -0.0711. The molecule has 2 aromatic rings. The molecule has 1 aliphatic heterocycles. The predicted molar refractivity (Wildman–Crippen MR) is 119 cm³/mol. The number of benzene rings is 2. The van der Waals surface area contributed by atoms with Crippen LogP contribution in [0.25, 0.3) is 11.1 Å². The SMILES string of the molecule is CC(OCCCCCN1C[C@H](O)C(O)C[C@@H]1CO)c1ccc(-c2ccccc2)cc1. The summed E-state index contributed by atoms with van der Waals surface area (Å²) in [5.74, 6) is 0. The first-order valence-electron chi connectivity index (χ1n) is 11.1. The molecule has 0 saturated carbocycles. The first kappa shape index (κ1) is 22.9. The summed E-state index contributed by atoms with van der Waals surface area (Å²) in [6, 6.07) is 18.9. The molecule has 1 saturated heterocycles. The van der Waals surface area contributed by atoms with Crippen LogP contribution in [0.15, 0.2) is 54.6 Å². The average Bonchev–Trinajstić information content (AvgIpc) is 2.78. The van der Waals surface area contributed by atoms with Crippen LogP contribution in [0.5, 0.6) is 0 Å². The van der Waals surface area contributed by atoms with Gasteiger partial charge in [-0.1, -0.05) is 54.6 Å². The van der Waals surface area contributed by atoms with Crippen LogP contribution in [0.3, 0.4) is 0 Å². The van der Waals surface area contributed by atoms with E-state index in [0.717, 1.165) is 25.8 Å². The summed E-state index contributed by atoms with van der Waals surface area (Å²) >= 11 is 0. The lowest BCUT2D eigenvalue weighted by atomic mass is 9.97. The van der Waals surface area contributed by atoms with Gasteiger partial charge < -0.3 is 20.1 Å². The van der Waals surface area contributed by atoms with E-state index in [0.29, 0.717) is 19.6 Å². The van der Waals surface area contributed by atoms with Crippen molar-refractivity contribution in [3.05, 3.63) is 60.2 Å². The van der Waals surface area contributed by atoms with E-state index in [2.05, 4.69) is 60.4 Å². The summed E-state index contributed by atoms with van der Waals surface area (Å²) < 4.78 is 6.01. The number of hydrogen-bond donors (Lipinski definition) is 3. The highest BCUT2D eigenvalue weighted by atomic mass is 16.5. The van der Waals surface area contributed by atoms with Gasteiger partial charge in [0.25, 0.3) is 0 Å². The minimum Gasteiger partial charge on any atom is -0.395 e. The minimum absolute atomic E-state index is 0.0213. The van der Waals surface area contributed by atoms with Gasteiger partial charge >= 0.3 is 0 Å². The maximum absolute atomic E-state index is 9.86. The lowest BCUT2D eigenvalue weighted by Gasteiger charge is -2.39. The standard InChI is InChI=1S/C25H35NO4/c1-19(20-10-12-22(13-11-20)21-8-4-2-5-9-21)30-15-7-3-6-14-26-17-25(29)24(28)16-23(26)18-27/h2,4-5,8-13,19,23-25,27-29H,3,6-7,14-18H2,1H3/t19?,23-,24?,25+/m1/s1. The van der Waals surface area contributed by atoms with Gasteiger partial charge in [-0.25, -0.2) is 0 Å². The molecular formula is C25H35NO4. The molecule has 1 fully saturated rings. The number of nitrogens with zero attached hydrogens (tertiary/aromatic N) is 1. The van der Waals surface area contributed by atoms with Crippen molar-refractivity contribution < 1.29 is 20.1 Å². The van der Waals surface area contributed by atoms with Crippen molar-refractivity contribution in [2.24, 2.45) is 0 Å². The molecule has 5 heteroatoms. The quantitative estimate of drug-likeness (QED) is 0.521. The molecule has 2 aromatic carbocycles. The fourth-order valence-corrected chi connectivity index (χ4v) is 4.09. The largest absolute Gasteiger partial charge is 0.395 e. The van der Waals surface area contributed by atoms with Gasteiger partial charge in [0.05, 0.1) is 24.9 Å². The summed E-state index contributed by atoms with van der Waals surface area (Å²) in [5.41, 5.74) is 3.61. The summed E-state index contributed by atoms with van der Waals surface area (Å²) in [6.07, 6.45) is 2.06. The number of rotatable bonds is 10. The van der Waals surface area contributed by atoms with Crippen LogP contribution in [0.2, 0.25) is 0 Å². The van der Waals surface area contributed by atoms with E-state index in [1.807, 2.05) is 6.07 Å². The van der Waals surface area contributed by atoms with Crippen molar-refractivity contribution in [3.63, 3.8) is 0 Å².